The minimum Gasteiger partial charge on any atom is -0.350 e. The highest BCUT2D eigenvalue weighted by atomic mass is 32.1. The molecule has 3 aromatic heterocycles. The summed E-state index contributed by atoms with van der Waals surface area (Å²) in [4.78, 5) is 24.9. The molecule has 8 heteroatoms. The maximum Gasteiger partial charge on any atom is 0.225 e. The Morgan fingerprint density at radius 3 is 2.87 bits per heavy atom. The normalized spacial score (nSPS) is 12.0. The molecular formula is C15H16N6OS. The van der Waals surface area contributed by atoms with Crippen LogP contribution in [0.4, 0.5) is 0 Å². The first kappa shape index (κ1) is 15.3. The molecule has 1 atom stereocenters. The van der Waals surface area contributed by atoms with Gasteiger partial charge in [0.05, 0.1) is 24.7 Å². The second-order valence-corrected chi connectivity index (χ2v) is 5.92. The van der Waals surface area contributed by atoms with E-state index in [9.17, 15) is 4.79 Å². The number of hydrogen-bond acceptors (Lipinski definition) is 6. The van der Waals surface area contributed by atoms with E-state index in [1.165, 1.54) is 11.3 Å². The van der Waals surface area contributed by atoms with Crippen LogP contribution < -0.4 is 5.32 Å². The summed E-state index contributed by atoms with van der Waals surface area (Å²) < 4.78 is 1.75. The lowest BCUT2D eigenvalue weighted by Crippen LogP contribution is -2.31. The van der Waals surface area contributed by atoms with Gasteiger partial charge in [0, 0.05) is 30.2 Å². The van der Waals surface area contributed by atoms with E-state index in [2.05, 4.69) is 25.4 Å². The fourth-order valence-electron chi connectivity index (χ4n) is 2.02. The minimum absolute atomic E-state index is 0.0222. The number of carbonyl (C=O) groups excluding carboxylic acids is 1. The average Bonchev–Trinajstić information content (AvgIpc) is 3.25. The zero-order chi connectivity index (χ0) is 16.1. The number of thiazole rings is 1. The van der Waals surface area contributed by atoms with Crippen molar-refractivity contribution in [1.82, 2.24) is 30.0 Å². The number of amides is 1. The summed E-state index contributed by atoms with van der Waals surface area (Å²) in [6.45, 7) is 2.83. The Kier molecular flexibility index (Phi) is 4.72. The smallest absolute Gasteiger partial charge is 0.225 e. The van der Waals surface area contributed by atoms with Crippen molar-refractivity contribution in [3.8, 4) is 10.8 Å². The Morgan fingerprint density at radius 2 is 2.13 bits per heavy atom. The number of carbonyl (C=O) groups is 1. The van der Waals surface area contributed by atoms with Gasteiger partial charge in [-0.25, -0.2) is 15.0 Å². The quantitative estimate of drug-likeness (QED) is 0.745. The van der Waals surface area contributed by atoms with E-state index in [1.54, 1.807) is 29.3 Å². The molecule has 23 heavy (non-hydrogen) atoms. The third kappa shape index (κ3) is 3.98. The van der Waals surface area contributed by atoms with Gasteiger partial charge in [0.25, 0.3) is 0 Å². The first-order chi connectivity index (χ1) is 11.2. The van der Waals surface area contributed by atoms with Crippen molar-refractivity contribution in [3.05, 3.63) is 48.0 Å². The van der Waals surface area contributed by atoms with Gasteiger partial charge >= 0.3 is 0 Å². The van der Waals surface area contributed by atoms with Gasteiger partial charge in [-0.2, -0.15) is 5.10 Å². The number of nitrogens with zero attached hydrogens (tertiary/aromatic N) is 5. The first-order valence-corrected chi connectivity index (χ1v) is 8.07. The second kappa shape index (κ2) is 7.10. The molecule has 3 aromatic rings. The molecule has 7 nitrogen and oxygen atoms in total. The van der Waals surface area contributed by atoms with Gasteiger partial charge in [0.15, 0.2) is 10.8 Å². The van der Waals surface area contributed by atoms with Gasteiger partial charge in [-0.3, -0.25) is 9.48 Å². The Labute approximate surface area is 137 Å². The van der Waals surface area contributed by atoms with E-state index in [1.807, 2.05) is 24.6 Å². The molecule has 0 spiro atoms. The van der Waals surface area contributed by atoms with Crippen LogP contribution in [0, 0.1) is 5.92 Å². The zero-order valence-electron chi connectivity index (χ0n) is 12.6. The summed E-state index contributed by atoms with van der Waals surface area (Å²) in [5, 5.41) is 9.66. The Hall–Kier alpha value is -2.61. The molecule has 0 radical (unpaired) electrons. The van der Waals surface area contributed by atoms with Crippen LogP contribution in [0.1, 0.15) is 12.6 Å². The molecule has 0 saturated heterocycles. The molecule has 0 aliphatic heterocycles. The van der Waals surface area contributed by atoms with Gasteiger partial charge in [0.2, 0.25) is 5.91 Å². The first-order valence-electron chi connectivity index (χ1n) is 7.19. The molecular weight excluding hydrogens is 312 g/mol. The lowest BCUT2D eigenvalue weighted by Gasteiger charge is -2.11. The molecule has 3 rings (SSSR count). The van der Waals surface area contributed by atoms with Crippen LogP contribution in [0.5, 0.6) is 0 Å². The zero-order valence-corrected chi connectivity index (χ0v) is 13.4. The summed E-state index contributed by atoms with van der Waals surface area (Å²) in [7, 11) is 0. The Balaban J connectivity index is 1.54. The predicted octanol–water partition coefficient (Wildman–Crippen LogP) is 1.75. The fourth-order valence-corrected chi connectivity index (χ4v) is 2.79. The van der Waals surface area contributed by atoms with E-state index in [0.717, 1.165) is 10.7 Å². The molecule has 0 fully saturated rings. The van der Waals surface area contributed by atoms with Gasteiger partial charge in [-0.15, -0.1) is 11.3 Å². The third-order valence-electron chi connectivity index (χ3n) is 3.22. The van der Waals surface area contributed by atoms with Gasteiger partial charge < -0.3 is 5.32 Å². The number of aromatic nitrogens is 5. The summed E-state index contributed by atoms with van der Waals surface area (Å²) in [5.74, 6) is 0.415. The summed E-state index contributed by atoms with van der Waals surface area (Å²) in [6, 6.07) is 3.60. The van der Waals surface area contributed by atoms with Crippen LogP contribution in [-0.4, -0.2) is 30.6 Å². The summed E-state index contributed by atoms with van der Waals surface area (Å²) in [6.07, 6.45) is 6.91. The monoisotopic (exact) mass is 328 g/mol. The molecule has 1 N–H and O–H groups in total. The van der Waals surface area contributed by atoms with Crippen LogP contribution in [0.3, 0.4) is 0 Å². The lowest BCUT2D eigenvalue weighted by molar-refractivity contribution is -0.125. The lowest BCUT2D eigenvalue weighted by atomic mass is 10.1. The number of rotatable bonds is 6. The van der Waals surface area contributed by atoms with E-state index in [0.29, 0.717) is 18.9 Å². The van der Waals surface area contributed by atoms with Crippen LogP contribution in [0.15, 0.2) is 42.3 Å². The van der Waals surface area contributed by atoms with E-state index in [-0.39, 0.29) is 11.8 Å². The standard InChI is InChI=1S/C15H16N6OS/c1-11(9-21-7-3-6-19-21)14(22)18-8-12-10-23-15(20-12)13-16-4-2-5-17-13/h2-7,10-11H,8-9H2,1H3,(H,18,22)/t11-/m0/s1. The Bertz CT molecular complexity index is 755. The van der Waals surface area contributed by atoms with Crippen molar-refractivity contribution in [3.63, 3.8) is 0 Å². The third-order valence-corrected chi connectivity index (χ3v) is 4.11. The molecule has 1 amide bonds. The van der Waals surface area contributed by atoms with Crippen molar-refractivity contribution in [2.24, 2.45) is 5.92 Å². The molecule has 0 saturated carbocycles. The molecule has 0 aliphatic carbocycles. The molecule has 0 unspecified atom stereocenters. The van der Waals surface area contributed by atoms with Gasteiger partial charge in [-0.1, -0.05) is 6.92 Å². The van der Waals surface area contributed by atoms with Crippen molar-refractivity contribution < 1.29 is 4.79 Å². The largest absolute Gasteiger partial charge is 0.350 e. The van der Waals surface area contributed by atoms with E-state index >= 15 is 0 Å². The molecule has 3 heterocycles. The van der Waals surface area contributed by atoms with Gasteiger partial charge in [0.1, 0.15) is 0 Å². The molecule has 118 valence electrons. The summed E-state index contributed by atoms with van der Waals surface area (Å²) in [5.41, 5.74) is 0.803. The maximum atomic E-state index is 12.1. The molecule has 0 aliphatic rings. The van der Waals surface area contributed by atoms with Crippen LogP contribution >= 0.6 is 11.3 Å². The summed E-state index contributed by atoms with van der Waals surface area (Å²) >= 11 is 1.46. The highest BCUT2D eigenvalue weighted by Crippen LogP contribution is 2.19. The SMILES string of the molecule is C[C@@H](Cn1cccn1)C(=O)NCc1csc(-c2ncccn2)n1. The average molecular weight is 328 g/mol. The van der Waals surface area contributed by atoms with Crippen molar-refractivity contribution in [2.45, 2.75) is 20.0 Å². The van der Waals surface area contributed by atoms with Crippen LogP contribution in [0.25, 0.3) is 10.8 Å². The van der Waals surface area contributed by atoms with Crippen LogP contribution in [-0.2, 0) is 17.9 Å². The predicted molar refractivity (Wildman–Crippen MR) is 86.4 cm³/mol. The molecule has 0 bridgehead atoms. The topological polar surface area (TPSA) is 85.6 Å². The second-order valence-electron chi connectivity index (χ2n) is 5.06. The maximum absolute atomic E-state index is 12.1. The van der Waals surface area contributed by atoms with Crippen molar-refractivity contribution in [2.75, 3.05) is 0 Å². The molecule has 0 aromatic carbocycles. The fraction of sp³-hybridized carbons (Fsp3) is 0.267. The van der Waals surface area contributed by atoms with Crippen molar-refractivity contribution >= 4 is 17.2 Å². The number of nitrogens with one attached hydrogen (secondary N) is 1. The van der Waals surface area contributed by atoms with Gasteiger partial charge in [-0.05, 0) is 12.1 Å². The highest BCUT2D eigenvalue weighted by molar-refractivity contribution is 7.13. The van der Waals surface area contributed by atoms with Crippen LogP contribution in [0.2, 0.25) is 0 Å². The number of hydrogen-bond donors (Lipinski definition) is 1. The van der Waals surface area contributed by atoms with E-state index in [4.69, 9.17) is 0 Å². The highest BCUT2D eigenvalue weighted by Gasteiger charge is 2.14. The van der Waals surface area contributed by atoms with Crippen molar-refractivity contribution in [1.29, 1.82) is 0 Å². The van der Waals surface area contributed by atoms with E-state index < -0.39 is 0 Å². The Morgan fingerprint density at radius 1 is 1.30 bits per heavy atom. The minimum atomic E-state index is -0.162.